The second-order valence-corrected chi connectivity index (χ2v) is 29.4. The van der Waals surface area contributed by atoms with Gasteiger partial charge in [0, 0.05) is 124 Å². The average molecular weight is 1300 g/mol. The van der Waals surface area contributed by atoms with E-state index in [1.165, 1.54) is 46.8 Å². The number of benzene rings is 6. The fourth-order valence-electron chi connectivity index (χ4n) is 12.6. The standard InChI is InChI=1S/2C28H31F2N3O5.C16H20Si/c2*1-17(31(2)21-14-19(29)13-20(30)15-21)23-11-18(28(36)33-5-3-22(34)4-6-33)12-24-25(35)16-26(38-27(23)24)32-7-9-37-10-8-32;1-16(2,3)17(14-10-6-4-7-11-14)15-12-8-5-9-13-15/h2*11-17,22,34H,3-10H2,1-2H3;4-13,17H,1-3H3. The third-order valence-corrected chi connectivity index (χ3v) is 21.9. The SMILES string of the molecule is CC(C)(C)[SiH](c1ccccc1)c1ccccc1.CC(c1cc(C(=O)N2CCC(O)CC2)cc2c(=O)cc(N3CCOCC3)oc12)N(C)c1cc(F)cc(F)c1.CC(c1cc(C(=O)N2CCC(O)CC2)cc2c(=O)cc(N3CCOCC3)oc12)N(C)c1cc(F)cc(F)c1. The van der Waals surface area contributed by atoms with Crippen molar-refractivity contribution in [3.8, 4) is 0 Å². The van der Waals surface area contributed by atoms with Crippen LogP contribution < -0.4 is 40.8 Å². The molecule has 0 aliphatic carbocycles. The number of piperidine rings is 2. The number of halogens is 4. The number of anilines is 4. The van der Waals surface area contributed by atoms with Crippen molar-refractivity contribution in [2.75, 3.05) is 112 Å². The molecule has 8 aromatic rings. The van der Waals surface area contributed by atoms with Gasteiger partial charge in [-0.15, -0.1) is 0 Å². The van der Waals surface area contributed by atoms with Crippen molar-refractivity contribution in [1.29, 1.82) is 0 Å². The van der Waals surface area contributed by atoms with Gasteiger partial charge in [-0.3, -0.25) is 19.2 Å². The van der Waals surface area contributed by atoms with Crippen LogP contribution in [0.2, 0.25) is 5.04 Å². The van der Waals surface area contributed by atoms with E-state index in [1.54, 1.807) is 58.0 Å². The van der Waals surface area contributed by atoms with E-state index in [1.807, 2.05) is 23.6 Å². The number of ether oxygens (including phenoxy) is 2. The number of likely N-dealkylation sites (tertiary alicyclic amines) is 2. The average Bonchev–Trinajstić information content (AvgIpc) is 0.784. The first-order valence-corrected chi connectivity index (χ1v) is 33.6. The van der Waals surface area contributed by atoms with Crippen molar-refractivity contribution in [2.45, 2.75) is 89.6 Å². The first-order chi connectivity index (χ1) is 44.5. The lowest BCUT2D eigenvalue weighted by Crippen LogP contribution is -2.48. The largest absolute Gasteiger partial charge is 0.440 e. The topological polar surface area (TPSA) is 173 Å². The molecule has 4 aliphatic heterocycles. The van der Waals surface area contributed by atoms with E-state index in [-0.39, 0.29) is 33.4 Å². The fraction of sp³-hybridized carbons (Fsp3) is 0.389. The molecule has 93 heavy (non-hydrogen) atoms. The van der Waals surface area contributed by atoms with E-state index in [0.717, 1.165) is 12.1 Å². The van der Waals surface area contributed by atoms with Gasteiger partial charge < -0.3 is 57.9 Å². The number of carbonyl (C=O) groups is 2. The highest BCUT2D eigenvalue weighted by atomic mass is 28.3. The summed E-state index contributed by atoms with van der Waals surface area (Å²) in [7, 11) is 2.24. The van der Waals surface area contributed by atoms with Crippen molar-refractivity contribution in [2.24, 2.45) is 0 Å². The first kappa shape index (κ1) is 67.5. The Bertz CT molecular complexity index is 3740. The van der Waals surface area contributed by atoms with Crippen LogP contribution in [0.5, 0.6) is 0 Å². The Morgan fingerprint density at radius 2 is 0.839 bits per heavy atom. The zero-order chi connectivity index (χ0) is 66.3. The van der Waals surface area contributed by atoms with Crippen LogP contribution in [0.1, 0.15) is 104 Å². The van der Waals surface area contributed by atoms with Gasteiger partial charge in [0.05, 0.1) is 61.5 Å². The van der Waals surface area contributed by atoms with E-state index in [4.69, 9.17) is 18.3 Å². The number of hydrogen-bond donors (Lipinski definition) is 2. The molecule has 0 radical (unpaired) electrons. The van der Waals surface area contributed by atoms with E-state index in [9.17, 15) is 47.0 Å². The monoisotopic (exact) mass is 1290 g/mol. The molecule has 4 saturated heterocycles. The predicted molar refractivity (Wildman–Crippen MR) is 359 cm³/mol. The number of fused-ring (bicyclic) bond motifs is 2. The molecule has 492 valence electrons. The summed E-state index contributed by atoms with van der Waals surface area (Å²) in [5.41, 5.74) is 2.40. The summed E-state index contributed by atoms with van der Waals surface area (Å²) in [6.07, 6.45) is 1.08. The third kappa shape index (κ3) is 16.2. The van der Waals surface area contributed by atoms with Gasteiger partial charge >= 0.3 is 0 Å². The van der Waals surface area contributed by atoms with Crippen molar-refractivity contribution < 1.29 is 55.7 Å². The highest BCUT2D eigenvalue weighted by molar-refractivity contribution is 6.87. The minimum Gasteiger partial charge on any atom is -0.440 e. The molecule has 2 aromatic heterocycles. The summed E-state index contributed by atoms with van der Waals surface area (Å²) in [5, 5.41) is 23.6. The van der Waals surface area contributed by atoms with E-state index in [0.29, 0.717) is 166 Å². The summed E-state index contributed by atoms with van der Waals surface area (Å²) in [4.78, 5) is 64.2. The summed E-state index contributed by atoms with van der Waals surface area (Å²) < 4.78 is 79.5. The number of hydrogen-bond acceptors (Lipinski definition) is 14. The molecule has 0 spiro atoms. The normalized spacial score (nSPS) is 16.5. The van der Waals surface area contributed by atoms with Gasteiger partial charge in [-0.1, -0.05) is 91.8 Å². The minimum absolute atomic E-state index is 0.247. The van der Waals surface area contributed by atoms with Gasteiger partial charge in [0.15, 0.2) is 22.6 Å². The lowest BCUT2D eigenvalue weighted by molar-refractivity contribution is 0.0537. The molecule has 6 heterocycles. The molecular formula is C72H82F4N6O10Si. The van der Waals surface area contributed by atoms with Crippen molar-refractivity contribution in [3.05, 3.63) is 199 Å². The summed E-state index contributed by atoms with van der Waals surface area (Å²) in [6, 6.07) is 36.8. The zero-order valence-electron chi connectivity index (χ0n) is 53.8. The molecule has 21 heteroatoms. The summed E-state index contributed by atoms with van der Waals surface area (Å²) >= 11 is 0. The second-order valence-electron chi connectivity index (χ2n) is 25.5. The Morgan fingerprint density at radius 1 is 0.505 bits per heavy atom. The Morgan fingerprint density at radius 3 is 1.16 bits per heavy atom. The summed E-state index contributed by atoms with van der Waals surface area (Å²) in [6.45, 7) is 16.7. The van der Waals surface area contributed by atoms with Gasteiger partial charge in [0.1, 0.15) is 43.2 Å². The Kier molecular flexibility index (Phi) is 21.6. The number of aliphatic hydroxyl groups is 2. The number of rotatable bonds is 12. The number of aliphatic hydroxyl groups excluding tert-OH is 2. The van der Waals surface area contributed by atoms with Crippen LogP contribution in [0.3, 0.4) is 0 Å². The van der Waals surface area contributed by atoms with Crippen LogP contribution in [0.25, 0.3) is 21.9 Å². The summed E-state index contributed by atoms with van der Waals surface area (Å²) in [5.74, 6) is -2.51. The van der Waals surface area contributed by atoms with Gasteiger partial charge in [-0.05, 0) is 93.1 Å². The van der Waals surface area contributed by atoms with Crippen LogP contribution in [0, 0.1) is 23.3 Å². The number of morpholine rings is 2. The maximum absolute atomic E-state index is 14.0. The molecule has 2 N–H and O–H groups in total. The van der Waals surface area contributed by atoms with Gasteiger partial charge in [0.25, 0.3) is 11.8 Å². The molecule has 4 aliphatic rings. The number of nitrogens with zero attached hydrogens (tertiary/aromatic N) is 6. The third-order valence-electron chi connectivity index (χ3n) is 18.0. The van der Waals surface area contributed by atoms with E-state index >= 15 is 0 Å². The predicted octanol–water partition coefficient (Wildman–Crippen LogP) is 10.2. The highest BCUT2D eigenvalue weighted by Gasteiger charge is 2.32. The minimum atomic E-state index is -1.14. The second kappa shape index (κ2) is 29.7. The van der Waals surface area contributed by atoms with Gasteiger partial charge in [0.2, 0.25) is 0 Å². The first-order valence-electron chi connectivity index (χ1n) is 31.8. The number of carbonyl (C=O) groups excluding carboxylic acids is 2. The van der Waals surface area contributed by atoms with Gasteiger partial charge in [-0.25, -0.2) is 17.6 Å². The molecule has 2 unspecified atom stereocenters. The highest BCUT2D eigenvalue weighted by Crippen LogP contribution is 2.37. The van der Waals surface area contributed by atoms with Gasteiger partial charge in [-0.2, -0.15) is 0 Å². The van der Waals surface area contributed by atoms with Crippen molar-refractivity contribution in [3.63, 3.8) is 0 Å². The van der Waals surface area contributed by atoms with Crippen LogP contribution in [-0.2, 0) is 9.47 Å². The lowest BCUT2D eigenvalue weighted by atomic mass is 9.98. The van der Waals surface area contributed by atoms with Crippen LogP contribution in [0.15, 0.2) is 152 Å². The Hall–Kier alpha value is -8.34. The van der Waals surface area contributed by atoms with Crippen LogP contribution in [0.4, 0.5) is 40.7 Å². The van der Waals surface area contributed by atoms with Crippen molar-refractivity contribution >= 4 is 76.1 Å². The maximum Gasteiger partial charge on any atom is 0.253 e. The maximum atomic E-state index is 14.0. The number of amides is 2. The molecule has 0 saturated carbocycles. The zero-order valence-corrected chi connectivity index (χ0v) is 54.9. The van der Waals surface area contributed by atoms with Crippen LogP contribution in [-0.4, -0.2) is 146 Å². The molecule has 2 atom stereocenters. The molecule has 12 rings (SSSR count). The lowest BCUT2D eigenvalue weighted by Gasteiger charge is -2.31. The Labute approximate surface area is 540 Å². The van der Waals surface area contributed by atoms with E-state index in [2.05, 4.69) is 81.4 Å². The quantitative estimate of drug-likeness (QED) is 0.0874. The van der Waals surface area contributed by atoms with Crippen molar-refractivity contribution in [1.82, 2.24) is 9.80 Å². The molecular weight excluding hydrogens is 1210 g/mol. The Balaban J connectivity index is 0.000000164. The fourth-order valence-corrected chi connectivity index (χ4v) is 16.2. The van der Waals surface area contributed by atoms with Crippen LogP contribution >= 0.6 is 0 Å². The van der Waals surface area contributed by atoms with E-state index < -0.39 is 56.4 Å². The molecule has 0 bridgehead atoms. The molecule has 6 aromatic carbocycles. The molecule has 2 amide bonds. The molecule has 16 nitrogen and oxygen atoms in total. The smallest absolute Gasteiger partial charge is 0.253 e. The molecule has 4 fully saturated rings.